The highest BCUT2D eigenvalue weighted by molar-refractivity contribution is 7.12. The van der Waals surface area contributed by atoms with E-state index in [9.17, 15) is 4.79 Å². The Kier molecular flexibility index (Phi) is 6.83. The van der Waals surface area contributed by atoms with E-state index in [0.717, 1.165) is 55.3 Å². The molecule has 0 spiro atoms. The van der Waals surface area contributed by atoms with E-state index >= 15 is 0 Å². The van der Waals surface area contributed by atoms with Gasteiger partial charge < -0.3 is 14.4 Å². The molecular weight excluding hydrogens is 460 g/mol. The third kappa shape index (κ3) is 4.55. The molecule has 0 radical (unpaired) electrons. The van der Waals surface area contributed by atoms with Gasteiger partial charge in [0.2, 0.25) is 0 Å². The Morgan fingerprint density at radius 2 is 1.74 bits per heavy atom. The van der Waals surface area contributed by atoms with E-state index < -0.39 is 0 Å². The molecule has 0 unspecified atom stereocenters. The van der Waals surface area contributed by atoms with Crippen molar-refractivity contribution in [3.8, 4) is 16.9 Å². The van der Waals surface area contributed by atoms with Gasteiger partial charge in [-0.15, -0.1) is 22.7 Å². The van der Waals surface area contributed by atoms with Crippen molar-refractivity contribution < 1.29 is 4.79 Å². The van der Waals surface area contributed by atoms with Crippen LogP contribution in [0.25, 0.3) is 16.9 Å². The predicted octanol–water partition coefficient (Wildman–Crippen LogP) is 6.53. The minimum absolute atomic E-state index is 0.144. The van der Waals surface area contributed by atoms with Crippen LogP contribution in [0.3, 0.4) is 0 Å². The molecule has 4 heterocycles. The van der Waals surface area contributed by atoms with Crippen molar-refractivity contribution in [3.05, 3.63) is 75.5 Å². The molecule has 0 atom stereocenters. The van der Waals surface area contributed by atoms with Crippen LogP contribution in [0.5, 0.6) is 0 Å². The molecule has 7 heteroatoms. The summed E-state index contributed by atoms with van der Waals surface area (Å²) in [7, 11) is 0. The van der Waals surface area contributed by atoms with Crippen LogP contribution >= 0.6 is 22.7 Å². The van der Waals surface area contributed by atoms with Gasteiger partial charge in [0, 0.05) is 61.1 Å². The number of nitrogens with zero attached hydrogens (tertiary/aromatic N) is 4. The maximum atomic E-state index is 13.2. The molecule has 176 valence electrons. The first-order valence-electron chi connectivity index (χ1n) is 12.0. The number of amides is 1. The van der Waals surface area contributed by atoms with E-state index in [1.165, 1.54) is 27.6 Å². The fourth-order valence-electron chi connectivity index (χ4n) is 4.67. The van der Waals surface area contributed by atoms with Crippen LogP contribution in [0.4, 0.5) is 5.69 Å². The zero-order valence-corrected chi connectivity index (χ0v) is 21.3. The minimum Gasteiger partial charge on any atom is -0.372 e. The zero-order chi connectivity index (χ0) is 23.5. The molecular formula is C27H30N4OS2. The number of benzene rings is 1. The number of carbonyl (C=O) groups is 1. The molecule has 0 N–H and O–H groups in total. The maximum Gasteiger partial charge on any atom is 0.266 e. The van der Waals surface area contributed by atoms with E-state index in [1.54, 1.807) is 11.3 Å². The largest absolute Gasteiger partial charge is 0.372 e. The lowest BCUT2D eigenvalue weighted by atomic mass is 9.97. The Morgan fingerprint density at radius 1 is 1.03 bits per heavy atom. The summed E-state index contributed by atoms with van der Waals surface area (Å²) < 4.78 is 2.02. The van der Waals surface area contributed by atoms with Crippen molar-refractivity contribution in [1.29, 1.82) is 0 Å². The quantitative estimate of drug-likeness (QED) is 0.296. The van der Waals surface area contributed by atoms with Crippen LogP contribution < -0.4 is 4.90 Å². The molecule has 3 aromatic heterocycles. The summed E-state index contributed by atoms with van der Waals surface area (Å²) in [6.45, 7) is 7.95. The summed E-state index contributed by atoms with van der Waals surface area (Å²) in [4.78, 5) is 23.4. The van der Waals surface area contributed by atoms with E-state index in [-0.39, 0.29) is 5.91 Å². The van der Waals surface area contributed by atoms with Crippen LogP contribution in [-0.4, -0.2) is 46.5 Å². The average molecular weight is 491 g/mol. The zero-order valence-electron chi connectivity index (χ0n) is 19.7. The standard InChI is InChI=1S/C27H30N4OS2/c1-3-29(4-2)22-9-7-20(8-10-22)23-19-34-26(28-23)21-11-16-31(17-12-21)27(32)25-24(13-18-33-25)30-14-5-6-15-30/h5-10,13-15,18-19,21H,3-4,11-12,16-17H2,1-2H3. The van der Waals surface area contributed by atoms with Gasteiger partial charge in [-0.3, -0.25) is 4.79 Å². The summed E-state index contributed by atoms with van der Waals surface area (Å²) in [6.07, 6.45) is 5.90. The summed E-state index contributed by atoms with van der Waals surface area (Å²) in [5.41, 5.74) is 4.45. The van der Waals surface area contributed by atoms with Crippen LogP contribution in [0.1, 0.15) is 47.3 Å². The van der Waals surface area contributed by atoms with Crippen LogP contribution in [0.15, 0.2) is 65.6 Å². The van der Waals surface area contributed by atoms with Crippen molar-refractivity contribution in [2.75, 3.05) is 31.1 Å². The summed E-state index contributed by atoms with van der Waals surface area (Å²) >= 11 is 3.28. The van der Waals surface area contributed by atoms with Gasteiger partial charge in [-0.05, 0) is 62.4 Å². The topological polar surface area (TPSA) is 41.4 Å². The van der Waals surface area contributed by atoms with Gasteiger partial charge in [0.15, 0.2) is 0 Å². The summed E-state index contributed by atoms with van der Waals surface area (Å²) in [6, 6.07) is 14.7. The van der Waals surface area contributed by atoms with Gasteiger partial charge in [0.1, 0.15) is 4.88 Å². The lowest BCUT2D eigenvalue weighted by Crippen LogP contribution is -2.37. The Balaban J connectivity index is 1.22. The fraction of sp³-hybridized carbons (Fsp3) is 0.333. The summed E-state index contributed by atoms with van der Waals surface area (Å²) in [5.74, 6) is 0.565. The predicted molar refractivity (Wildman–Crippen MR) is 143 cm³/mol. The second-order valence-electron chi connectivity index (χ2n) is 8.58. The van der Waals surface area contributed by atoms with Crippen molar-refractivity contribution >= 4 is 34.3 Å². The number of anilines is 1. The normalized spacial score (nSPS) is 14.5. The number of likely N-dealkylation sites (tertiary alicyclic amines) is 1. The van der Waals surface area contributed by atoms with Crippen LogP contribution in [0, 0.1) is 0 Å². The molecule has 1 amide bonds. The van der Waals surface area contributed by atoms with Crippen LogP contribution in [-0.2, 0) is 0 Å². The van der Waals surface area contributed by atoms with Gasteiger partial charge in [-0.25, -0.2) is 4.98 Å². The highest BCUT2D eigenvalue weighted by atomic mass is 32.1. The van der Waals surface area contributed by atoms with E-state index in [1.807, 2.05) is 45.4 Å². The number of hydrogen-bond acceptors (Lipinski definition) is 5. The molecule has 5 rings (SSSR count). The molecule has 4 aromatic rings. The molecule has 1 aliphatic heterocycles. The minimum atomic E-state index is 0.144. The first-order chi connectivity index (χ1) is 16.7. The smallest absolute Gasteiger partial charge is 0.266 e. The lowest BCUT2D eigenvalue weighted by Gasteiger charge is -2.31. The van der Waals surface area contributed by atoms with Crippen molar-refractivity contribution in [2.45, 2.75) is 32.6 Å². The number of thiazole rings is 1. The number of rotatable bonds is 7. The number of hydrogen-bond donors (Lipinski definition) is 0. The van der Waals surface area contributed by atoms with Gasteiger partial charge >= 0.3 is 0 Å². The van der Waals surface area contributed by atoms with E-state index in [0.29, 0.717) is 5.92 Å². The van der Waals surface area contributed by atoms with Gasteiger partial charge in [-0.1, -0.05) is 12.1 Å². The second kappa shape index (κ2) is 10.2. The second-order valence-corrected chi connectivity index (χ2v) is 10.4. The average Bonchev–Trinajstić information content (AvgIpc) is 3.66. The third-order valence-electron chi connectivity index (χ3n) is 6.67. The van der Waals surface area contributed by atoms with Gasteiger partial charge in [-0.2, -0.15) is 0 Å². The Bertz CT molecular complexity index is 1210. The molecule has 1 aliphatic rings. The lowest BCUT2D eigenvalue weighted by molar-refractivity contribution is 0.0718. The highest BCUT2D eigenvalue weighted by Gasteiger charge is 2.28. The van der Waals surface area contributed by atoms with E-state index in [4.69, 9.17) is 4.98 Å². The van der Waals surface area contributed by atoms with Crippen LogP contribution in [0.2, 0.25) is 0 Å². The molecule has 0 saturated carbocycles. The number of piperidine rings is 1. The monoisotopic (exact) mass is 490 g/mol. The van der Waals surface area contributed by atoms with Crippen molar-refractivity contribution in [1.82, 2.24) is 14.5 Å². The van der Waals surface area contributed by atoms with Crippen molar-refractivity contribution in [2.24, 2.45) is 0 Å². The highest BCUT2D eigenvalue weighted by Crippen LogP contribution is 2.34. The maximum absolute atomic E-state index is 13.2. The Hall–Kier alpha value is -2.90. The molecule has 1 saturated heterocycles. The third-order valence-corrected chi connectivity index (χ3v) is 8.57. The van der Waals surface area contributed by atoms with Crippen molar-refractivity contribution in [3.63, 3.8) is 0 Å². The number of thiophene rings is 1. The van der Waals surface area contributed by atoms with Gasteiger partial charge in [0.05, 0.1) is 16.4 Å². The molecule has 1 fully saturated rings. The SMILES string of the molecule is CCN(CC)c1ccc(-c2csc(C3CCN(C(=O)c4sccc4-n4cccc4)CC3)n2)cc1. The molecule has 0 aliphatic carbocycles. The first-order valence-corrected chi connectivity index (χ1v) is 13.7. The molecule has 1 aromatic carbocycles. The summed E-state index contributed by atoms with van der Waals surface area (Å²) in [5, 5.41) is 5.37. The Labute approximate surface area is 209 Å². The van der Waals surface area contributed by atoms with E-state index in [2.05, 4.69) is 48.4 Å². The Morgan fingerprint density at radius 3 is 2.41 bits per heavy atom. The fourth-order valence-corrected chi connectivity index (χ4v) is 6.53. The molecule has 34 heavy (non-hydrogen) atoms. The number of carbonyl (C=O) groups excluding carboxylic acids is 1. The number of aromatic nitrogens is 2. The first kappa shape index (κ1) is 22.9. The molecule has 5 nitrogen and oxygen atoms in total. The molecule has 0 bridgehead atoms. The van der Waals surface area contributed by atoms with Gasteiger partial charge in [0.25, 0.3) is 5.91 Å².